The third kappa shape index (κ3) is 2.37. The Labute approximate surface area is 176 Å². The van der Waals surface area contributed by atoms with Crippen LogP contribution in [0, 0.1) is 34.8 Å². The van der Waals surface area contributed by atoms with Gasteiger partial charge in [-0.1, -0.05) is 35.0 Å². The zero-order valence-electron chi connectivity index (χ0n) is 16.4. The Bertz CT molecular complexity index is 1180. The van der Waals surface area contributed by atoms with E-state index in [0.29, 0.717) is 17.0 Å². The van der Waals surface area contributed by atoms with Crippen LogP contribution in [0.4, 0.5) is 11.4 Å². The molecule has 9 heteroatoms. The molecule has 156 valence electrons. The molecule has 3 fully saturated rings. The molecule has 9 nitrogen and oxygen atoms in total. The fraction of sp³-hybridized carbons (Fsp3) is 0.318. The molecule has 2 bridgehead atoms. The Morgan fingerprint density at radius 3 is 2.39 bits per heavy atom. The quantitative estimate of drug-likeness (QED) is 0.428. The smallest absolute Gasteiger partial charge is 0.270 e. The minimum atomic E-state index is -0.620. The zero-order chi connectivity index (χ0) is 21.4. The molecule has 4 aliphatic heterocycles. The number of imide groups is 1. The Kier molecular flexibility index (Phi) is 3.64. The largest absolute Gasteiger partial charge is 0.389 e. The molecule has 0 spiro atoms. The van der Waals surface area contributed by atoms with Crippen molar-refractivity contribution in [3.05, 3.63) is 69.8 Å². The van der Waals surface area contributed by atoms with Crippen LogP contribution < -0.4 is 4.90 Å². The van der Waals surface area contributed by atoms with Crippen molar-refractivity contribution >= 4 is 28.9 Å². The van der Waals surface area contributed by atoms with Crippen LogP contribution in [-0.2, 0) is 19.2 Å². The van der Waals surface area contributed by atoms with Crippen molar-refractivity contribution in [1.82, 2.24) is 0 Å². The molecule has 31 heavy (non-hydrogen) atoms. The minimum Gasteiger partial charge on any atom is -0.389 e. The average Bonchev–Trinajstić information content (AvgIpc) is 3.49. The van der Waals surface area contributed by atoms with E-state index in [1.165, 1.54) is 17.0 Å². The number of hydrogen-bond donors (Lipinski definition) is 0. The maximum absolute atomic E-state index is 13.3. The van der Waals surface area contributed by atoms with Gasteiger partial charge in [0.15, 0.2) is 6.10 Å². The Morgan fingerprint density at radius 2 is 1.68 bits per heavy atom. The van der Waals surface area contributed by atoms with Gasteiger partial charge in [-0.3, -0.25) is 19.7 Å². The lowest BCUT2D eigenvalue weighted by Gasteiger charge is -2.26. The molecule has 6 rings (SSSR count). The van der Waals surface area contributed by atoms with Crippen molar-refractivity contribution in [3.8, 4) is 0 Å². The number of fused-ring (bicyclic) bond motifs is 8. The molecule has 0 N–H and O–H groups in total. The van der Waals surface area contributed by atoms with Crippen LogP contribution in [0.5, 0.6) is 0 Å². The van der Waals surface area contributed by atoms with Gasteiger partial charge >= 0.3 is 0 Å². The first kappa shape index (κ1) is 18.2. The third-order valence-electron chi connectivity index (χ3n) is 6.69. The summed E-state index contributed by atoms with van der Waals surface area (Å²) in [5, 5.41) is 15.3. The monoisotopic (exact) mass is 419 g/mol. The first-order chi connectivity index (χ1) is 15.0. The van der Waals surface area contributed by atoms with Crippen LogP contribution in [0.2, 0.25) is 0 Å². The van der Waals surface area contributed by atoms with Crippen molar-refractivity contribution in [2.45, 2.75) is 25.2 Å². The highest BCUT2D eigenvalue weighted by Crippen LogP contribution is 2.55. The maximum Gasteiger partial charge on any atom is 0.270 e. The summed E-state index contributed by atoms with van der Waals surface area (Å²) in [5.74, 6) is -2.15. The normalized spacial score (nSPS) is 32.7. The second-order valence-corrected chi connectivity index (χ2v) is 8.34. The molecule has 2 aromatic carbocycles. The molecule has 0 unspecified atom stereocenters. The number of carbonyl (C=O) groups excluding carboxylic acids is 2. The summed E-state index contributed by atoms with van der Waals surface area (Å²) in [6.45, 7) is 1.94. The number of non-ortho nitro benzene ring substituents is 1. The van der Waals surface area contributed by atoms with Crippen molar-refractivity contribution in [2.75, 3.05) is 4.90 Å². The fourth-order valence-corrected chi connectivity index (χ4v) is 5.32. The average molecular weight is 419 g/mol. The molecule has 2 amide bonds. The number of nitrogens with zero attached hydrogens (tertiary/aromatic N) is 3. The molecule has 3 saturated heterocycles. The highest BCUT2D eigenvalue weighted by atomic mass is 16.7. The lowest BCUT2D eigenvalue weighted by molar-refractivity contribution is -0.384. The number of aryl methyl sites for hydroxylation is 1. The van der Waals surface area contributed by atoms with Crippen LogP contribution in [-0.4, -0.2) is 40.8 Å². The van der Waals surface area contributed by atoms with Crippen LogP contribution in [0.25, 0.3) is 0 Å². The number of nitro groups is 1. The third-order valence-corrected chi connectivity index (χ3v) is 6.69. The Balaban J connectivity index is 1.34. The van der Waals surface area contributed by atoms with Crippen LogP contribution in [0.1, 0.15) is 11.1 Å². The fourth-order valence-electron chi connectivity index (χ4n) is 5.32. The lowest BCUT2D eigenvalue weighted by Crippen LogP contribution is -2.45. The van der Waals surface area contributed by atoms with E-state index in [4.69, 9.17) is 9.57 Å². The molecular weight excluding hydrogens is 402 g/mol. The van der Waals surface area contributed by atoms with E-state index < -0.39 is 35.1 Å². The van der Waals surface area contributed by atoms with Gasteiger partial charge in [0.1, 0.15) is 6.10 Å². The van der Waals surface area contributed by atoms with Crippen molar-refractivity contribution < 1.29 is 24.1 Å². The molecule has 0 aromatic heterocycles. The van der Waals surface area contributed by atoms with Crippen LogP contribution in [0.15, 0.2) is 53.7 Å². The van der Waals surface area contributed by atoms with E-state index >= 15 is 0 Å². The van der Waals surface area contributed by atoms with Gasteiger partial charge in [0, 0.05) is 17.7 Å². The predicted octanol–water partition coefficient (Wildman–Crippen LogP) is 2.21. The van der Waals surface area contributed by atoms with Gasteiger partial charge in [0.25, 0.3) is 5.69 Å². The number of ether oxygens (including phenoxy) is 1. The van der Waals surface area contributed by atoms with E-state index in [1.807, 2.05) is 19.1 Å². The molecule has 2 aromatic rings. The summed E-state index contributed by atoms with van der Waals surface area (Å²) in [7, 11) is 0. The van der Waals surface area contributed by atoms with E-state index in [2.05, 4.69) is 5.16 Å². The van der Waals surface area contributed by atoms with Crippen LogP contribution >= 0.6 is 0 Å². The van der Waals surface area contributed by atoms with Gasteiger partial charge in [-0.2, -0.15) is 0 Å². The molecule has 0 radical (unpaired) electrons. The van der Waals surface area contributed by atoms with Crippen molar-refractivity contribution in [2.24, 2.45) is 22.9 Å². The van der Waals surface area contributed by atoms with Gasteiger partial charge in [-0.15, -0.1) is 0 Å². The first-order valence-corrected chi connectivity index (χ1v) is 10.0. The van der Waals surface area contributed by atoms with Crippen molar-refractivity contribution in [3.63, 3.8) is 0 Å². The number of carbonyl (C=O) groups is 2. The number of amides is 2. The van der Waals surface area contributed by atoms with Gasteiger partial charge < -0.3 is 9.57 Å². The van der Waals surface area contributed by atoms with Gasteiger partial charge in [0.2, 0.25) is 11.8 Å². The molecule has 0 aliphatic carbocycles. The van der Waals surface area contributed by atoms with Crippen molar-refractivity contribution in [1.29, 1.82) is 0 Å². The Hall–Kier alpha value is -3.59. The lowest BCUT2D eigenvalue weighted by atomic mass is 9.71. The van der Waals surface area contributed by atoms with Gasteiger partial charge in [-0.25, -0.2) is 4.90 Å². The number of oxime groups is 1. The summed E-state index contributed by atoms with van der Waals surface area (Å²) in [5.41, 5.74) is 2.61. The summed E-state index contributed by atoms with van der Waals surface area (Å²) in [6, 6.07) is 13.4. The minimum absolute atomic E-state index is 0.0525. The summed E-state index contributed by atoms with van der Waals surface area (Å²) >= 11 is 0. The number of nitro benzene ring substituents is 1. The SMILES string of the molecule is Cc1ccc(N2C(=O)[C@@H]3[C@H]4O[C@@H]([C@@H]5C(c6cccc([N+](=O)[O-])c6)=NO[C@@H]45)[C@H]3C2=O)cc1. The van der Waals surface area contributed by atoms with Gasteiger partial charge in [0.05, 0.1) is 40.2 Å². The first-order valence-electron chi connectivity index (χ1n) is 10.0. The molecule has 6 atom stereocenters. The van der Waals surface area contributed by atoms with E-state index in [-0.39, 0.29) is 23.4 Å². The standard InChI is InChI=1S/C22H17N3O6/c1-10-5-7-12(8-6-10)24-21(26)14-15(22(24)27)19-20-16(18(14)30-19)17(23-31-20)11-3-2-4-13(9-11)25(28)29/h2-9,14-16,18-20H,1H3/t14-,15-,16-,18+,19+,20+/m0/s1. The molecule has 0 saturated carbocycles. The van der Waals surface area contributed by atoms with E-state index in [1.54, 1.807) is 24.3 Å². The highest BCUT2D eigenvalue weighted by molar-refractivity contribution is 6.23. The molecule has 4 aliphatic rings. The summed E-state index contributed by atoms with van der Waals surface area (Å²) in [4.78, 5) is 44.1. The molecular formula is C22H17N3O6. The second kappa shape index (κ2) is 6.21. The van der Waals surface area contributed by atoms with E-state index in [0.717, 1.165) is 5.56 Å². The number of rotatable bonds is 3. The number of benzene rings is 2. The summed E-state index contributed by atoms with van der Waals surface area (Å²) in [6.07, 6.45) is -1.63. The predicted molar refractivity (Wildman–Crippen MR) is 107 cm³/mol. The highest BCUT2D eigenvalue weighted by Gasteiger charge is 2.72. The summed E-state index contributed by atoms with van der Waals surface area (Å²) < 4.78 is 6.07. The molecule has 4 heterocycles. The van der Waals surface area contributed by atoms with Crippen LogP contribution in [0.3, 0.4) is 0 Å². The second-order valence-electron chi connectivity index (χ2n) is 8.34. The number of anilines is 1. The van der Waals surface area contributed by atoms with E-state index in [9.17, 15) is 19.7 Å². The number of hydrogen-bond acceptors (Lipinski definition) is 7. The zero-order valence-corrected chi connectivity index (χ0v) is 16.4. The topological polar surface area (TPSA) is 111 Å². The Morgan fingerprint density at radius 1 is 0.968 bits per heavy atom. The van der Waals surface area contributed by atoms with Gasteiger partial charge in [-0.05, 0) is 19.1 Å². The maximum atomic E-state index is 13.3.